The van der Waals surface area contributed by atoms with E-state index in [0.29, 0.717) is 10.6 Å². The van der Waals surface area contributed by atoms with Crippen LogP contribution in [0.1, 0.15) is 25.8 Å². The quantitative estimate of drug-likeness (QED) is 0.850. The van der Waals surface area contributed by atoms with Gasteiger partial charge < -0.3 is 0 Å². The van der Waals surface area contributed by atoms with E-state index >= 15 is 0 Å². The first-order valence-electron chi connectivity index (χ1n) is 4.76. The molecule has 0 spiro atoms. The summed E-state index contributed by atoms with van der Waals surface area (Å²) in [6.45, 7) is 3.20. The van der Waals surface area contributed by atoms with Crippen LogP contribution < -0.4 is 0 Å². The molecule has 16 heavy (non-hydrogen) atoms. The molecule has 2 nitrogen and oxygen atoms in total. The summed E-state index contributed by atoms with van der Waals surface area (Å²) in [6.07, 6.45) is 0.166. The maximum Gasteiger partial charge on any atom is 0.131 e. The zero-order valence-electron chi connectivity index (χ0n) is 9.05. The van der Waals surface area contributed by atoms with Crippen LogP contribution in [0, 0.1) is 11.3 Å². The molecule has 0 saturated heterocycles. The molecule has 0 aliphatic rings. The minimum Gasteiger partial charge on any atom is -0.300 e. The molecule has 84 valence electrons. The second-order valence-corrected chi connectivity index (χ2v) is 5.16. The van der Waals surface area contributed by atoms with Crippen molar-refractivity contribution in [3.63, 3.8) is 0 Å². The SMILES string of the molecule is CC(=O)CC(C)(C#N)c1cccc(Br)c1Cl. The highest BCUT2D eigenvalue weighted by atomic mass is 79.9. The van der Waals surface area contributed by atoms with Crippen molar-refractivity contribution in [3.05, 3.63) is 33.3 Å². The van der Waals surface area contributed by atoms with Crippen LogP contribution in [0.25, 0.3) is 0 Å². The number of halogens is 2. The Hall–Kier alpha value is -0.850. The lowest BCUT2D eigenvalue weighted by Crippen LogP contribution is -2.23. The molecular weight excluding hydrogens is 289 g/mol. The molecule has 0 fully saturated rings. The molecule has 0 amide bonds. The van der Waals surface area contributed by atoms with Gasteiger partial charge in [-0.05, 0) is 41.4 Å². The van der Waals surface area contributed by atoms with Gasteiger partial charge in [-0.3, -0.25) is 4.79 Å². The molecule has 0 bridgehead atoms. The summed E-state index contributed by atoms with van der Waals surface area (Å²) < 4.78 is 0.733. The lowest BCUT2D eigenvalue weighted by Gasteiger charge is -2.22. The Labute approximate surface area is 108 Å². The number of benzene rings is 1. The van der Waals surface area contributed by atoms with E-state index in [0.717, 1.165) is 4.47 Å². The minimum absolute atomic E-state index is 0.0277. The van der Waals surface area contributed by atoms with Crippen LogP contribution >= 0.6 is 27.5 Å². The normalized spacial score (nSPS) is 13.9. The number of ketones is 1. The third-order valence-corrected chi connectivity index (χ3v) is 3.69. The maximum absolute atomic E-state index is 11.2. The van der Waals surface area contributed by atoms with E-state index in [2.05, 4.69) is 22.0 Å². The van der Waals surface area contributed by atoms with Crippen LogP contribution in [0.15, 0.2) is 22.7 Å². The molecule has 1 rings (SSSR count). The molecule has 4 heteroatoms. The van der Waals surface area contributed by atoms with Crippen LogP contribution in [0.3, 0.4) is 0 Å². The third-order valence-electron chi connectivity index (χ3n) is 2.40. The number of Topliss-reactive ketones (excluding diaryl/α,β-unsaturated/α-hetero) is 1. The Kier molecular flexibility index (Phi) is 4.12. The van der Waals surface area contributed by atoms with Gasteiger partial charge in [-0.2, -0.15) is 5.26 Å². The van der Waals surface area contributed by atoms with E-state index < -0.39 is 5.41 Å². The highest BCUT2D eigenvalue weighted by Crippen LogP contribution is 2.36. The average molecular weight is 301 g/mol. The minimum atomic E-state index is -0.868. The van der Waals surface area contributed by atoms with E-state index in [4.69, 9.17) is 11.6 Å². The third kappa shape index (κ3) is 2.63. The molecule has 1 unspecified atom stereocenters. The van der Waals surface area contributed by atoms with E-state index in [-0.39, 0.29) is 12.2 Å². The lowest BCUT2D eigenvalue weighted by molar-refractivity contribution is -0.117. The van der Waals surface area contributed by atoms with Crippen molar-refractivity contribution in [1.29, 1.82) is 5.26 Å². The maximum atomic E-state index is 11.2. The number of carbonyl (C=O) groups excluding carboxylic acids is 1. The van der Waals surface area contributed by atoms with Crippen molar-refractivity contribution in [2.24, 2.45) is 0 Å². The van der Waals surface area contributed by atoms with Crippen LogP contribution in [0.2, 0.25) is 5.02 Å². The number of carbonyl (C=O) groups is 1. The summed E-state index contributed by atoms with van der Waals surface area (Å²) in [7, 11) is 0. The molecule has 1 aromatic carbocycles. The van der Waals surface area contributed by atoms with Crippen molar-refractivity contribution in [2.45, 2.75) is 25.7 Å². The van der Waals surface area contributed by atoms with Gasteiger partial charge in [0.2, 0.25) is 0 Å². The van der Waals surface area contributed by atoms with Crippen LogP contribution in [0.4, 0.5) is 0 Å². The fraction of sp³-hybridized carbons (Fsp3) is 0.333. The Bertz CT molecular complexity index is 467. The van der Waals surface area contributed by atoms with Gasteiger partial charge in [0.15, 0.2) is 0 Å². The molecular formula is C12H11BrClNO. The highest BCUT2D eigenvalue weighted by Gasteiger charge is 2.30. The van der Waals surface area contributed by atoms with Gasteiger partial charge in [-0.15, -0.1) is 0 Å². The summed E-state index contributed by atoms with van der Waals surface area (Å²) in [5, 5.41) is 9.72. The van der Waals surface area contributed by atoms with Crippen molar-refractivity contribution in [1.82, 2.24) is 0 Å². The Balaban J connectivity index is 3.29. The number of rotatable bonds is 3. The van der Waals surface area contributed by atoms with Gasteiger partial charge in [0.1, 0.15) is 5.78 Å². The molecule has 0 heterocycles. The Morgan fingerprint density at radius 3 is 2.75 bits per heavy atom. The van der Waals surface area contributed by atoms with E-state index in [9.17, 15) is 10.1 Å². The Morgan fingerprint density at radius 2 is 2.25 bits per heavy atom. The van der Waals surface area contributed by atoms with Crippen molar-refractivity contribution in [2.75, 3.05) is 0 Å². The van der Waals surface area contributed by atoms with Crippen molar-refractivity contribution >= 4 is 33.3 Å². The van der Waals surface area contributed by atoms with Gasteiger partial charge in [0.05, 0.1) is 16.5 Å². The number of nitriles is 1. The monoisotopic (exact) mass is 299 g/mol. The summed E-state index contributed by atoms with van der Waals surface area (Å²) in [5.74, 6) is -0.0277. The number of nitrogens with zero attached hydrogens (tertiary/aromatic N) is 1. The van der Waals surface area contributed by atoms with Gasteiger partial charge >= 0.3 is 0 Å². The van der Waals surface area contributed by atoms with Crippen LogP contribution in [-0.2, 0) is 10.2 Å². The van der Waals surface area contributed by atoms with E-state index in [1.54, 1.807) is 25.1 Å². The topological polar surface area (TPSA) is 40.9 Å². The molecule has 1 atom stereocenters. The molecule has 0 aromatic heterocycles. The smallest absolute Gasteiger partial charge is 0.131 e. The summed E-state index contributed by atoms with van der Waals surface area (Å²) >= 11 is 9.44. The van der Waals surface area contributed by atoms with Crippen molar-refractivity contribution < 1.29 is 4.79 Å². The zero-order valence-corrected chi connectivity index (χ0v) is 11.4. The standard InChI is InChI=1S/C12H11BrClNO/c1-8(16)6-12(2,7-15)9-4-3-5-10(13)11(9)14/h3-5H,6H2,1-2H3. The second kappa shape index (κ2) is 4.99. The van der Waals surface area contributed by atoms with Crippen molar-refractivity contribution in [3.8, 4) is 6.07 Å². The van der Waals surface area contributed by atoms with E-state index in [1.165, 1.54) is 6.92 Å². The van der Waals surface area contributed by atoms with Gasteiger partial charge in [0, 0.05) is 10.9 Å². The summed E-state index contributed by atoms with van der Waals surface area (Å²) in [5.41, 5.74) is -0.187. The first kappa shape index (κ1) is 13.2. The van der Waals surface area contributed by atoms with Gasteiger partial charge in [-0.25, -0.2) is 0 Å². The molecule has 0 aliphatic carbocycles. The number of hydrogen-bond donors (Lipinski definition) is 0. The molecule has 0 radical (unpaired) electrons. The molecule has 0 saturated carbocycles. The first-order chi connectivity index (χ1) is 7.40. The van der Waals surface area contributed by atoms with Crippen LogP contribution in [0.5, 0.6) is 0 Å². The lowest BCUT2D eigenvalue weighted by atomic mass is 9.80. The molecule has 0 aliphatic heterocycles. The van der Waals surface area contributed by atoms with E-state index in [1.807, 2.05) is 0 Å². The predicted octanol–water partition coefficient (Wildman–Crippen LogP) is 3.86. The molecule has 0 N–H and O–H groups in total. The van der Waals surface area contributed by atoms with Crippen LogP contribution in [-0.4, -0.2) is 5.78 Å². The average Bonchev–Trinajstić information content (AvgIpc) is 2.21. The van der Waals surface area contributed by atoms with Gasteiger partial charge in [0.25, 0.3) is 0 Å². The molecule has 1 aromatic rings. The Morgan fingerprint density at radius 1 is 1.62 bits per heavy atom. The first-order valence-corrected chi connectivity index (χ1v) is 5.93. The zero-order chi connectivity index (χ0) is 12.3. The van der Waals surface area contributed by atoms with Gasteiger partial charge in [-0.1, -0.05) is 23.7 Å². The second-order valence-electron chi connectivity index (χ2n) is 3.92. The predicted molar refractivity (Wildman–Crippen MR) is 67.4 cm³/mol. The summed E-state index contributed by atoms with van der Waals surface area (Å²) in [6, 6.07) is 7.55. The fourth-order valence-corrected chi connectivity index (χ4v) is 2.32. The largest absolute Gasteiger partial charge is 0.300 e. The number of hydrogen-bond acceptors (Lipinski definition) is 2. The highest BCUT2D eigenvalue weighted by molar-refractivity contribution is 9.10. The fourth-order valence-electron chi connectivity index (χ4n) is 1.62. The summed E-state index contributed by atoms with van der Waals surface area (Å²) in [4.78, 5) is 11.2.